The third kappa shape index (κ3) is 5.31. The van der Waals surface area contributed by atoms with Gasteiger partial charge in [-0.25, -0.2) is 9.97 Å². The van der Waals surface area contributed by atoms with Crippen molar-refractivity contribution in [3.05, 3.63) is 64.4 Å². The number of nitrogens with zero attached hydrogens (tertiary/aromatic N) is 4. The van der Waals surface area contributed by atoms with E-state index in [4.69, 9.17) is 31.2 Å². The fourth-order valence-electron chi connectivity index (χ4n) is 4.36. The van der Waals surface area contributed by atoms with E-state index in [2.05, 4.69) is 53.5 Å². The molecule has 0 spiro atoms. The molecule has 1 saturated carbocycles. The van der Waals surface area contributed by atoms with Crippen LogP contribution >= 0.6 is 11.6 Å². The standard InChI is InChI=1S/C29H31ClN4O4/c1-17-6-5-7-18(2)22(17)15-34-25(33-24-26(34)31-16-32-27(24)38-29(4)11-12-29)21-9-8-20(14-23(21)30)37-13-10-19(3)28(35)36/h5-9,14,16,19H,10-13,15H2,1-4H3,(H,35,36)/t19-/m1/s1. The monoisotopic (exact) mass is 534 g/mol. The molecule has 0 amide bonds. The lowest BCUT2D eigenvalue weighted by atomic mass is 10.0. The van der Waals surface area contributed by atoms with Crippen molar-refractivity contribution >= 4 is 28.7 Å². The molecule has 38 heavy (non-hydrogen) atoms. The van der Waals surface area contributed by atoms with E-state index in [1.165, 1.54) is 23.0 Å². The van der Waals surface area contributed by atoms with Crippen LogP contribution in [0.15, 0.2) is 42.7 Å². The Morgan fingerprint density at radius 2 is 1.92 bits per heavy atom. The van der Waals surface area contributed by atoms with Gasteiger partial charge in [-0.05, 0) is 74.9 Å². The minimum Gasteiger partial charge on any atom is -0.494 e. The summed E-state index contributed by atoms with van der Waals surface area (Å²) in [5, 5.41) is 9.56. The Labute approximate surface area is 226 Å². The molecule has 5 rings (SSSR count). The molecule has 1 aliphatic rings. The Kier molecular flexibility index (Phi) is 7.01. The molecule has 0 saturated heterocycles. The van der Waals surface area contributed by atoms with Crippen molar-refractivity contribution in [1.29, 1.82) is 0 Å². The van der Waals surface area contributed by atoms with E-state index in [1.807, 2.05) is 12.1 Å². The van der Waals surface area contributed by atoms with E-state index < -0.39 is 11.9 Å². The molecule has 0 radical (unpaired) electrons. The van der Waals surface area contributed by atoms with Gasteiger partial charge in [0, 0.05) is 5.56 Å². The fraction of sp³-hybridized carbons (Fsp3) is 0.379. The molecule has 1 N–H and O–H groups in total. The summed E-state index contributed by atoms with van der Waals surface area (Å²) in [4.78, 5) is 25.1. The molecule has 8 nitrogen and oxygen atoms in total. The van der Waals surface area contributed by atoms with Crippen LogP contribution in [0.25, 0.3) is 22.6 Å². The van der Waals surface area contributed by atoms with E-state index in [0.29, 0.717) is 46.6 Å². The summed E-state index contributed by atoms with van der Waals surface area (Å²) in [6.45, 7) is 8.77. The lowest BCUT2D eigenvalue weighted by Crippen LogP contribution is -2.13. The van der Waals surface area contributed by atoms with Crippen LogP contribution in [-0.4, -0.2) is 42.8 Å². The van der Waals surface area contributed by atoms with Crippen LogP contribution < -0.4 is 9.47 Å². The molecular weight excluding hydrogens is 504 g/mol. The number of hydrogen-bond acceptors (Lipinski definition) is 6. The first-order valence-electron chi connectivity index (χ1n) is 12.8. The SMILES string of the molecule is Cc1cccc(C)c1Cn1c(-c2ccc(OCC[C@@H](C)C(=O)O)cc2Cl)nc2c(OC3(C)CC3)ncnc21. The predicted molar refractivity (Wildman–Crippen MR) is 146 cm³/mol. The number of benzene rings is 2. The summed E-state index contributed by atoms with van der Waals surface area (Å²) in [7, 11) is 0. The van der Waals surface area contributed by atoms with Gasteiger partial charge >= 0.3 is 5.97 Å². The number of imidazole rings is 1. The summed E-state index contributed by atoms with van der Waals surface area (Å²) in [5.74, 6) is 0.376. The van der Waals surface area contributed by atoms with Crippen molar-refractivity contribution < 1.29 is 19.4 Å². The van der Waals surface area contributed by atoms with Gasteiger partial charge in [-0.3, -0.25) is 4.79 Å². The molecule has 2 heterocycles. The first kappa shape index (κ1) is 26.0. The summed E-state index contributed by atoms with van der Waals surface area (Å²) in [5.41, 5.74) is 5.33. The van der Waals surface area contributed by atoms with Crippen molar-refractivity contribution in [2.75, 3.05) is 6.61 Å². The zero-order valence-electron chi connectivity index (χ0n) is 22.0. The predicted octanol–water partition coefficient (Wildman–Crippen LogP) is 6.23. The number of carboxylic acid groups (broad SMARTS) is 1. The molecule has 198 valence electrons. The van der Waals surface area contributed by atoms with Crippen LogP contribution in [-0.2, 0) is 11.3 Å². The van der Waals surface area contributed by atoms with Crippen molar-refractivity contribution in [2.45, 2.75) is 59.1 Å². The van der Waals surface area contributed by atoms with Crippen LogP contribution in [0, 0.1) is 19.8 Å². The highest BCUT2D eigenvalue weighted by Crippen LogP contribution is 2.41. The third-order valence-corrected chi connectivity index (χ3v) is 7.49. The second-order valence-electron chi connectivity index (χ2n) is 10.3. The molecule has 4 aromatic rings. The molecule has 9 heteroatoms. The van der Waals surface area contributed by atoms with E-state index in [-0.39, 0.29) is 12.2 Å². The summed E-state index contributed by atoms with van der Waals surface area (Å²) in [6.07, 6.45) is 3.88. The van der Waals surface area contributed by atoms with E-state index in [1.54, 1.807) is 13.0 Å². The second kappa shape index (κ2) is 10.3. The van der Waals surface area contributed by atoms with E-state index in [0.717, 1.165) is 18.4 Å². The number of aliphatic carboxylic acids is 1. The highest BCUT2D eigenvalue weighted by atomic mass is 35.5. The number of ether oxygens (including phenoxy) is 2. The number of carbonyl (C=O) groups is 1. The van der Waals surface area contributed by atoms with E-state index >= 15 is 0 Å². The maximum Gasteiger partial charge on any atom is 0.306 e. The molecule has 0 aliphatic heterocycles. The van der Waals surface area contributed by atoms with Crippen LogP contribution in [0.1, 0.15) is 49.8 Å². The Morgan fingerprint density at radius 3 is 2.58 bits per heavy atom. The first-order chi connectivity index (χ1) is 18.1. The minimum atomic E-state index is -0.841. The molecule has 0 unspecified atom stereocenters. The Hall–Kier alpha value is -3.65. The summed E-state index contributed by atoms with van der Waals surface area (Å²) < 4.78 is 14.1. The number of aromatic nitrogens is 4. The smallest absolute Gasteiger partial charge is 0.306 e. The fourth-order valence-corrected chi connectivity index (χ4v) is 4.61. The average Bonchev–Trinajstić information content (AvgIpc) is 3.48. The van der Waals surface area contributed by atoms with Crippen LogP contribution in [0.4, 0.5) is 0 Å². The summed E-state index contributed by atoms with van der Waals surface area (Å²) in [6, 6.07) is 11.7. The van der Waals surface area contributed by atoms with Gasteiger partial charge in [0.05, 0.1) is 24.1 Å². The van der Waals surface area contributed by atoms with Gasteiger partial charge in [0.15, 0.2) is 11.2 Å². The molecule has 0 bridgehead atoms. The largest absolute Gasteiger partial charge is 0.494 e. The van der Waals surface area contributed by atoms with Crippen LogP contribution in [0.3, 0.4) is 0 Å². The maximum atomic E-state index is 11.1. The minimum absolute atomic E-state index is 0.216. The molecule has 1 atom stereocenters. The first-order valence-corrected chi connectivity index (χ1v) is 13.1. The molecule has 2 aromatic heterocycles. The zero-order chi connectivity index (χ0) is 27.0. The Morgan fingerprint density at radius 1 is 1.18 bits per heavy atom. The summed E-state index contributed by atoms with van der Waals surface area (Å²) >= 11 is 6.78. The topological polar surface area (TPSA) is 99.4 Å². The van der Waals surface area contributed by atoms with Gasteiger partial charge in [0.25, 0.3) is 0 Å². The number of aryl methyl sites for hydroxylation is 2. The van der Waals surface area contributed by atoms with Gasteiger partial charge in [0.1, 0.15) is 23.5 Å². The number of fused-ring (bicyclic) bond motifs is 1. The lowest BCUT2D eigenvalue weighted by molar-refractivity contribution is -0.141. The quantitative estimate of drug-likeness (QED) is 0.257. The van der Waals surface area contributed by atoms with Crippen LogP contribution in [0.5, 0.6) is 11.6 Å². The molecule has 1 aliphatic carbocycles. The normalized spacial score (nSPS) is 14.9. The van der Waals surface area contributed by atoms with Gasteiger partial charge in [0.2, 0.25) is 5.88 Å². The number of halogens is 1. The van der Waals surface area contributed by atoms with Crippen molar-refractivity contribution in [1.82, 2.24) is 19.5 Å². The average molecular weight is 535 g/mol. The zero-order valence-corrected chi connectivity index (χ0v) is 22.7. The highest BCUT2D eigenvalue weighted by molar-refractivity contribution is 6.33. The van der Waals surface area contributed by atoms with Crippen molar-refractivity contribution in [2.24, 2.45) is 5.92 Å². The molecule has 2 aromatic carbocycles. The highest BCUT2D eigenvalue weighted by Gasteiger charge is 2.41. The maximum absolute atomic E-state index is 11.1. The second-order valence-corrected chi connectivity index (χ2v) is 10.7. The number of carboxylic acids is 1. The van der Waals surface area contributed by atoms with Gasteiger partial charge in [-0.1, -0.05) is 36.7 Å². The van der Waals surface area contributed by atoms with Gasteiger partial charge in [-0.2, -0.15) is 4.98 Å². The molecular formula is C29H31ClN4O4. The van der Waals surface area contributed by atoms with Crippen molar-refractivity contribution in [3.8, 4) is 23.0 Å². The van der Waals surface area contributed by atoms with E-state index in [9.17, 15) is 4.79 Å². The number of rotatable bonds is 10. The Balaban J connectivity index is 1.55. The van der Waals surface area contributed by atoms with Crippen molar-refractivity contribution in [3.63, 3.8) is 0 Å². The third-order valence-electron chi connectivity index (χ3n) is 7.18. The van der Waals surface area contributed by atoms with Gasteiger partial charge < -0.3 is 19.1 Å². The number of hydrogen-bond donors (Lipinski definition) is 1. The van der Waals surface area contributed by atoms with Crippen LogP contribution in [0.2, 0.25) is 5.02 Å². The van der Waals surface area contributed by atoms with Gasteiger partial charge in [-0.15, -0.1) is 0 Å². The lowest BCUT2D eigenvalue weighted by Gasteiger charge is -2.15. The Bertz CT molecular complexity index is 1490. The molecule has 1 fully saturated rings.